The van der Waals surface area contributed by atoms with E-state index in [2.05, 4.69) is 0 Å². The van der Waals surface area contributed by atoms with Crippen LogP contribution in [0.25, 0.3) is 0 Å². The van der Waals surface area contributed by atoms with Gasteiger partial charge in [-0.3, -0.25) is 9.59 Å². The van der Waals surface area contributed by atoms with Crippen LogP contribution in [0.2, 0.25) is 0 Å². The van der Waals surface area contributed by atoms with Crippen LogP contribution in [0.1, 0.15) is 25.0 Å². The number of anilines is 1. The van der Waals surface area contributed by atoms with E-state index in [-0.39, 0.29) is 18.3 Å². The van der Waals surface area contributed by atoms with E-state index in [9.17, 15) is 9.59 Å². The summed E-state index contributed by atoms with van der Waals surface area (Å²) in [5, 5.41) is 0. The van der Waals surface area contributed by atoms with Crippen molar-refractivity contribution in [3.05, 3.63) is 54.1 Å². The van der Waals surface area contributed by atoms with Crippen LogP contribution in [0.4, 0.5) is 5.69 Å². The Hall–Kier alpha value is -3.02. The monoisotopic (exact) mass is 369 g/mol. The molecule has 2 atom stereocenters. The largest absolute Gasteiger partial charge is 0.497 e. The summed E-state index contributed by atoms with van der Waals surface area (Å²) in [6, 6.07) is 14.6. The van der Waals surface area contributed by atoms with Gasteiger partial charge in [0.15, 0.2) is 0 Å². The third kappa shape index (κ3) is 4.22. The average Bonchev–Trinajstić information content (AvgIpc) is 3.10. The van der Waals surface area contributed by atoms with E-state index in [1.165, 1.54) is 0 Å². The van der Waals surface area contributed by atoms with Gasteiger partial charge in [0, 0.05) is 18.7 Å². The molecule has 6 nitrogen and oxygen atoms in total. The van der Waals surface area contributed by atoms with Gasteiger partial charge in [0.1, 0.15) is 17.6 Å². The van der Waals surface area contributed by atoms with Crippen molar-refractivity contribution >= 4 is 17.6 Å². The molecule has 27 heavy (non-hydrogen) atoms. The minimum absolute atomic E-state index is 0.0841. The molecule has 0 radical (unpaired) electrons. The number of nitrogens with zero attached hydrogens (tertiary/aromatic N) is 1. The highest BCUT2D eigenvalue weighted by molar-refractivity contribution is 5.99. The lowest BCUT2D eigenvalue weighted by Crippen LogP contribution is -2.26. The van der Waals surface area contributed by atoms with Gasteiger partial charge in [0.25, 0.3) is 0 Å². The molecule has 1 heterocycles. The molecular formula is C21H23NO5. The Morgan fingerprint density at radius 2 is 1.56 bits per heavy atom. The van der Waals surface area contributed by atoms with Crippen LogP contribution in [0.15, 0.2) is 48.5 Å². The number of ether oxygens (including phenoxy) is 3. The molecule has 1 aliphatic rings. The van der Waals surface area contributed by atoms with E-state index >= 15 is 0 Å². The molecule has 6 heteroatoms. The quantitative estimate of drug-likeness (QED) is 0.731. The van der Waals surface area contributed by atoms with Gasteiger partial charge in [-0.05, 0) is 48.9 Å². The van der Waals surface area contributed by atoms with Gasteiger partial charge in [-0.25, -0.2) is 0 Å². The van der Waals surface area contributed by atoms with Gasteiger partial charge in [0.05, 0.1) is 20.1 Å². The topological polar surface area (TPSA) is 65.1 Å². The zero-order valence-corrected chi connectivity index (χ0v) is 15.7. The first-order chi connectivity index (χ1) is 13.0. The fourth-order valence-corrected chi connectivity index (χ4v) is 3.09. The molecule has 0 aromatic heterocycles. The number of hydrogen-bond acceptors (Lipinski definition) is 5. The second-order valence-corrected chi connectivity index (χ2v) is 6.46. The van der Waals surface area contributed by atoms with E-state index < -0.39 is 12.0 Å². The number of rotatable bonds is 6. The summed E-state index contributed by atoms with van der Waals surface area (Å²) in [5.41, 5.74) is 1.62. The second-order valence-electron chi connectivity index (χ2n) is 6.46. The fourth-order valence-electron chi connectivity index (χ4n) is 3.09. The Labute approximate surface area is 158 Å². The van der Waals surface area contributed by atoms with Crippen molar-refractivity contribution in [1.29, 1.82) is 0 Å². The molecule has 1 amide bonds. The molecule has 0 aliphatic carbocycles. The van der Waals surface area contributed by atoms with Crippen molar-refractivity contribution in [2.45, 2.75) is 19.4 Å². The first-order valence-electron chi connectivity index (χ1n) is 8.80. The van der Waals surface area contributed by atoms with Crippen LogP contribution in [0.5, 0.6) is 11.5 Å². The summed E-state index contributed by atoms with van der Waals surface area (Å²) in [6.07, 6.45) is -0.242. The summed E-state index contributed by atoms with van der Waals surface area (Å²) in [6.45, 7) is 2.14. The average molecular weight is 369 g/mol. The Kier molecular flexibility index (Phi) is 5.64. The van der Waals surface area contributed by atoms with E-state index in [1.54, 1.807) is 31.3 Å². The maximum Gasteiger partial charge on any atom is 0.311 e. The van der Waals surface area contributed by atoms with Gasteiger partial charge >= 0.3 is 5.97 Å². The molecule has 0 bridgehead atoms. The van der Waals surface area contributed by atoms with Crippen molar-refractivity contribution in [2.75, 3.05) is 25.7 Å². The van der Waals surface area contributed by atoms with Crippen molar-refractivity contribution in [3.63, 3.8) is 0 Å². The molecule has 1 fully saturated rings. The number of carbonyl (C=O) groups excluding carboxylic acids is 2. The molecule has 0 N–H and O–H groups in total. The maximum absolute atomic E-state index is 12.5. The second kappa shape index (κ2) is 8.12. The molecule has 2 unspecified atom stereocenters. The molecule has 3 rings (SSSR count). The van der Waals surface area contributed by atoms with E-state index in [4.69, 9.17) is 14.2 Å². The summed E-state index contributed by atoms with van der Waals surface area (Å²) in [5.74, 6) is 0.547. The lowest BCUT2D eigenvalue weighted by Gasteiger charge is -2.18. The van der Waals surface area contributed by atoms with Crippen LogP contribution in [0.3, 0.4) is 0 Å². The van der Waals surface area contributed by atoms with Gasteiger partial charge in [0.2, 0.25) is 5.91 Å². The smallest absolute Gasteiger partial charge is 0.311 e. The van der Waals surface area contributed by atoms with Crippen LogP contribution in [0, 0.1) is 5.92 Å². The van der Waals surface area contributed by atoms with Crippen molar-refractivity contribution in [1.82, 2.24) is 0 Å². The molecule has 1 saturated heterocycles. The Balaban J connectivity index is 1.62. The van der Waals surface area contributed by atoms with Crippen LogP contribution >= 0.6 is 0 Å². The predicted molar refractivity (Wildman–Crippen MR) is 101 cm³/mol. The predicted octanol–water partition coefficient (Wildman–Crippen LogP) is 3.36. The van der Waals surface area contributed by atoms with Gasteiger partial charge < -0.3 is 19.1 Å². The number of esters is 1. The Bertz CT molecular complexity index is 800. The summed E-state index contributed by atoms with van der Waals surface area (Å²) in [4.78, 5) is 26.5. The lowest BCUT2D eigenvalue weighted by atomic mass is 10.1. The minimum atomic E-state index is -0.472. The number of hydrogen-bond donors (Lipinski definition) is 0. The third-order valence-corrected chi connectivity index (χ3v) is 4.72. The maximum atomic E-state index is 12.5. The highest BCUT2D eigenvalue weighted by Gasteiger charge is 2.36. The van der Waals surface area contributed by atoms with Gasteiger partial charge in [-0.2, -0.15) is 0 Å². The molecule has 2 aromatic rings. The summed E-state index contributed by atoms with van der Waals surface area (Å²) in [7, 11) is 3.19. The van der Waals surface area contributed by atoms with Crippen LogP contribution < -0.4 is 14.4 Å². The Morgan fingerprint density at radius 3 is 2.11 bits per heavy atom. The number of benzene rings is 2. The highest BCUT2D eigenvalue weighted by Crippen LogP contribution is 2.29. The minimum Gasteiger partial charge on any atom is -0.497 e. The van der Waals surface area contributed by atoms with E-state index in [0.717, 1.165) is 22.7 Å². The van der Waals surface area contributed by atoms with E-state index in [1.807, 2.05) is 43.3 Å². The van der Waals surface area contributed by atoms with Crippen LogP contribution in [-0.2, 0) is 14.3 Å². The number of methoxy groups -OCH3 is 2. The summed E-state index contributed by atoms with van der Waals surface area (Å²) >= 11 is 0. The first-order valence-corrected chi connectivity index (χ1v) is 8.80. The zero-order valence-electron chi connectivity index (χ0n) is 15.7. The van der Waals surface area contributed by atoms with Gasteiger partial charge in [-0.1, -0.05) is 12.1 Å². The molecule has 0 saturated carbocycles. The molecule has 2 aromatic carbocycles. The molecule has 1 aliphatic heterocycles. The Morgan fingerprint density at radius 1 is 1.00 bits per heavy atom. The molecule has 142 valence electrons. The molecule has 0 spiro atoms. The highest BCUT2D eigenvalue weighted by atomic mass is 16.5. The number of carbonyl (C=O) groups is 2. The van der Waals surface area contributed by atoms with Crippen molar-refractivity contribution in [3.8, 4) is 11.5 Å². The van der Waals surface area contributed by atoms with Gasteiger partial charge in [-0.15, -0.1) is 0 Å². The van der Waals surface area contributed by atoms with E-state index in [0.29, 0.717) is 6.54 Å². The number of amides is 1. The van der Waals surface area contributed by atoms with Crippen molar-refractivity contribution in [2.24, 2.45) is 5.92 Å². The fraction of sp³-hybridized carbons (Fsp3) is 0.333. The zero-order chi connectivity index (χ0) is 19.4. The standard InChI is InChI=1S/C21H23NO5/c1-14(15-4-8-18(25-2)9-5-15)27-21(24)16-12-20(23)22(13-16)17-6-10-19(26-3)11-7-17/h4-11,14,16H,12-13H2,1-3H3. The molecular weight excluding hydrogens is 346 g/mol. The lowest BCUT2D eigenvalue weighted by molar-refractivity contribution is -0.153. The first kappa shape index (κ1) is 18.8. The normalized spacial score (nSPS) is 17.5. The van der Waals surface area contributed by atoms with Crippen molar-refractivity contribution < 1.29 is 23.8 Å². The third-order valence-electron chi connectivity index (χ3n) is 4.72. The summed E-state index contributed by atoms with van der Waals surface area (Å²) < 4.78 is 15.9. The SMILES string of the molecule is COc1ccc(C(C)OC(=O)C2CC(=O)N(c3ccc(OC)cc3)C2)cc1. The van der Waals surface area contributed by atoms with Crippen LogP contribution in [-0.4, -0.2) is 32.6 Å².